The highest BCUT2D eigenvalue weighted by Crippen LogP contribution is 2.22. The van der Waals surface area contributed by atoms with Crippen LogP contribution in [-0.2, 0) is 6.42 Å². The number of aromatic hydroxyl groups is 2. The number of benzene rings is 1. The minimum Gasteiger partial charge on any atom is -0.508 e. The lowest BCUT2D eigenvalue weighted by Crippen LogP contribution is -1.98. The fraction of sp³-hybridized carbons (Fsp3) is 0.714. The summed E-state index contributed by atoms with van der Waals surface area (Å²) in [4.78, 5) is 0. The molecule has 0 spiro atoms. The normalized spacial score (nSPS) is 12.4. The molecule has 0 unspecified atom stereocenters. The fourth-order valence-electron chi connectivity index (χ4n) is 3.16. The topological polar surface area (TPSA) is 60.7 Å². The minimum absolute atomic E-state index is 0.136. The lowest BCUT2D eigenvalue weighted by atomic mass is 10.0. The van der Waals surface area contributed by atoms with Crippen molar-refractivity contribution in [2.24, 2.45) is 0 Å². The summed E-state index contributed by atoms with van der Waals surface area (Å²) in [5.41, 5.74) is 1.02. The third-order valence-corrected chi connectivity index (χ3v) is 4.55. The molecule has 0 saturated heterocycles. The van der Waals surface area contributed by atoms with E-state index >= 15 is 0 Å². The van der Waals surface area contributed by atoms with Crippen LogP contribution in [0.15, 0.2) is 18.2 Å². The average molecular weight is 337 g/mol. The van der Waals surface area contributed by atoms with E-state index in [4.69, 9.17) is 0 Å². The Morgan fingerprint density at radius 2 is 1.08 bits per heavy atom. The maximum Gasteiger partial charge on any atom is 0.119 e. The summed E-state index contributed by atoms with van der Waals surface area (Å²) in [5.74, 6) is 0.298. The molecule has 138 valence electrons. The Labute approximate surface area is 147 Å². The number of hydrogen-bond donors (Lipinski definition) is 3. The van der Waals surface area contributed by atoms with Crippen LogP contribution in [0, 0.1) is 0 Å². The van der Waals surface area contributed by atoms with E-state index in [1.807, 2.05) is 6.92 Å². The molecule has 0 amide bonds. The standard InChI is InChI=1S/C21H36O3/c1-18(22)13-11-9-7-5-3-2-4-6-8-10-12-14-19-15-20(23)17-21(24)16-19/h15-18,22-24H,2-14H2,1H3/t18-/m1/s1. The number of aryl methyl sites for hydroxylation is 1. The van der Waals surface area contributed by atoms with Gasteiger partial charge in [-0.15, -0.1) is 0 Å². The van der Waals surface area contributed by atoms with Gasteiger partial charge >= 0.3 is 0 Å². The minimum atomic E-state index is -0.136. The number of hydrogen-bond acceptors (Lipinski definition) is 3. The largest absolute Gasteiger partial charge is 0.508 e. The van der Waals surface area contributed by atoms with Crippen LogP contribution < -0.4 is 0 Å². The molecule has 0 bridgehead atoms. The molecule has 3 N–H and O–H groups in total. The van der Waals surface area contributed by atoms with E-state index in [1.54, 1.807) is 12.1 Å². The van der Waals surface area contributed by atoms with Crippen molar-refractivity contribution in [2.75, 3.05) is 0 Å². The summed E-state index contributed by atoms with van der Waals surface area (Å²) in [6.07, 6.45) is 15.7. The van der Waals surface area contributed by atoms with Gasteiger partial charge in [-0.1, -0.05) is 64.2 Å². The number of aliphatic hydroxyl groups is 1. The van der Waals surface area contributed by atoms with Gasteiger partial charge in [0.2, 0.25) is 0 Å². The third kappa shape index (κ3) is 11.3. The first-order valence-corrected chi connectivity index (χ1v) is 9.78. The van der Waals surface area contributed by atoms with Gasteiger partial charge in [-0.2, -0.15) is 0 Å². The molecule has 0 fully saturated rings. The molecule has 3 heteroatoms. The molecule has 0 aliphatic heterocycles. The van der Waals surface area contributed by atoms with Crippen LogP contribution in [0.4, 0.5) is 0 Å². The monoisotopic (exact) mass is 336 g/mol. The second-order valence-electron chi connectivity index (χ2n) is 7.13. The Morgan fingerprint density at radius 1 is 0.667 bits per heavy atom. The Balaban J connectivity index is 1.85. The molecule has 1 aromatic carbocycles. The third-order valence-electron chi connectivity index (χ3n) is 4.55. The zero-order valence-electron chi connectivity index (χ0n) is 15.3. The summed E-state index contributed by atoms with van der Waals surface area (Å²) in [6, 6.07) is 4.85. The molecule has 0 aliphatic carbocycles. The van der Waals surface area contributed by atoms with Crippen LogP contribution >= 0.6 is 0 Å². The molecule has 0 saturated carbocycles. The Morgan fingerprint density at radius 3 is 1.54 bits per heavy atom. The lowest BCUT2D eigenvalue weighted by Gasteiger charge is -2.05. The van der Waals surface area contributed by atoms with Crippen molar-refractivity contribution in [3.8, 4) is 11.5 Å². The van der Waals surface area contributed by atoms with E-state index in [2.05, 4.69) is 0 Å². The first kappa shape index (κ1) is 20.8. The summed E-state index contributed by atoms with van der Waals surface area (Å²) >= 11 is 0. The van der Waals surface area contributed by atoms with Gasteiger partial charge in [0, 0.05) is 6.07 Å². The number of rotatable bonds is 14. The molecular formula is C21H36O3. The van der Waals surface area contributed by atoms with Crippen LogP contribution in [0.5, 0.6) is 11.5 Å². The van der Waals surface area contributed by atoms with Crippen molar-refractivity contribution in [1.29, 1.82) is 0 Å². The number of phenolic OH excluding ortho intramolecular Hbond substituents is 2. The maximum atomic E-state index is 9.44. The highest BCUT2D eigenvalue weighted by Gasteiger charge is 2.00. The Bertz CT molecular complexity index is 409. The molecule has 24 heavy (non-hydrogen) atoms. The average Bonchev–Trinajstić information content (AvgIpc) is 2.50. The van der Waals surface area contributed by atoms with E-state index < -0.39 is 0 Å². The molecule has 1 atom stereocenters. The SMILES string of the molecule is C[C@@H](O)CCCCCCCCCCCCCc1cc(O)cc(O)c1. The van der Waals surface area contributed by atoms with E-state index in [0.29, 0.717) is 0 Å². The molecular weight excluding hydrogens is 300 g/mol. The molecule has 1 rings (SSSR count). The summed E-state index contributed by atoms with van der Waals surface area (Å²) in [5, 5.41) is 28.1. The maximum absolute atomic E-state index is 9.44. The molecule has 0 aromatic heterocycles. The van der Waals surface area contributed by atoms with Crippen LogP contribution in [0.1, 0.15) is 89.5 Å². The van der Waals surface area contributed by atoms with Gasteiger partial charge in [-0.25, -0.2) is 0 Å². The number of phenols is 2. The molecule has 0 heterocycles. The van der Waals surface area contributed by atoms with E-state index in [-0.39, 0.29) is 17.6 Å². The van der Waals surface area contributed by atoms with E-state index in [0.717, 1.165) is 31.2 Å². The molecule has 3 nitrogen and oxygen atoms in total. The second kappa shape index (κ2) is 13.1. The zero-order valence-corrected chi connectivity index (χ0v) is 15.3. The number of aliphatic hydroxyl groups excluding tert-OH is 1. The van der Waals surface area contributed by atoms with Crippen molar-refractivity contribution in [1.82, 2.24) is 0 Å². The van der Waals surface area contributed by atoms with Gasteiger partial charge in [-0.05, 0) is 43.9 Å². The van der Waals surface area contributed by atoms with Gasteiger partial charge in [-0.3, -0.25) is 0 Å². The summed E-state index contributed by atoms with van der Waals surface area (Å²) < 4.78 is 0. The zero-order chi connectivity index (χ0) is 17.6. The smallest absolute Gasteiger partial charge is 0.119 e. The van der Waals surface area contributed by atoms with Crippen molar-refractivity contribution in [3.05, 3.63) is 23.8 Å². The van der Waals surface area contributed by atoms with Crippen LogP contribution in [0.2, 0.25) is 0 Å². The Kier molecular flexibility index (Phi) is 11.4. The van der Waals surface area contributed by atoms with E-state index in [9.17, 15) is 15.3 Å². The second-order valence-corrected chi connectivity index (χ2v) is 7.13. The quantitative estimate of drug-likeness (QED) is 0.382. The van der Waals surface area contributed by atoms with Crippen molar-refractivity contribution in [2.45, 2.75) is 96.5 Å². The molecule has 1 aromatic rings. The van der Waals surface area contributed by atoms with E-state index in [1.165, 1.54) is 63.9 Å². The molecule has 0 aliphatic rings. The van der Waals surface area contributed by atoms with Crippen molar-refractivity contribution in [3.63, 3.8) is 0 Å². The van der Waals surface area contributed by atoms with Crippen molar-refractivity contribution < 1.29 is 15.3 Å². The highest BCUT2D eigenvalue weighted by molar-refractivity contribution is 5.36. The Hall–Kier alpha value is -1.22. The molecule has 0 radical (unpaired) electrons. The predicted molar refractivity (Wildman–Crippen MR) is 101 cm³/mol. The first-order valence-electron chi connectivity index (χ1n) is 9.78. The van der Waals surface area contributed by atoms with Crippen LogP contribution in [0.3, 0.4) is 0 Å². The van der Waals surface area contributed by atoms with Crippen LogP contribution in [0.25, 0.3) is 0 Å². The van der Waals surface area contributed by atoms with Gasteiger partial charge in [0.25, 0.3) is 0 Å². The lowest BCUT2D eigenvalue weighted by molar-refractivity contribution is 0.180. The highest BCUT2D eigenvalue weighted by atomic mass is 16.3. The van der Waals surface area contributed by atoms with Gasteiger partial charge < -0.3 is 15.3 Å². The van der Waals surface area contributed by atoms with Gasteiger partial charge in [0.1, 0.15) is 11.5 Å². The van der Waals surface area contributed by atoms with Crippen molar-refractivity contribution >= 4 is 0 Å². The van der Waals surface area contributed by atoms with Crippen LogP contribution in [-0.4, -0.2) is 21.4 Å². The summed E-state index contributed by atoms with van der Waals surface area (Å²) in [7, 11) is 0. The first-order chi connectivity index (χ1) is 11.6. The summed E-state index contributed by atoms with van der Waals surface area (Å²) in [6.45, 7) is 1.87. The fourth-order valence-corrected chi connectivity index (χ4v) is 3.16. The van der Waals surface area contributed by atoms with Gasteiger partial charge in [0.15, 0.2) is 0 Å². The van der Waals surface area contributed by atoms with Gasteiger partial charge in [0.05, 0.1) is 6.10 Å². The predicted octanol–water partition coefficient (Wildman–Crippen LogP) is 5.70. The number of unbranched alkanes of at least 4 members (excludes halogenated alkanes) is 10.